The Morgan fingerprint density at radius 1 is 1.04 bits per heavy atom. The molecule has 1 unspecified atom stereocenters. The number of hydrogen-bond acceptors (Lipinski definition) is 4. The maximum Gasteiger partial charge on any atom is 0.377 e. The first kappa shape index (κ1) is 21.5. The maximum absolute atomic E-state index is 13.2. The minimum absolute atomic E-state index is 0.430. The lowest BCUT2D eigenvalue weighted by Crippen LogP contribution is -2.38. The summed E-state index contributed by atoms with van der Waals surface area (Å²) < 4.78 is 84.6. The molecule has 0 aliphatic rings. The summed E-state index contributed by atoms with van der Waals surface area (Å²) in [6, 6.07) is 0. The molecule has 0 saturated heterocycles. The van der Waals surface area contributed by atoms with Crippen molar-refractivity contribution in [3.63, 3.8) is 0 Å². The van der Waals surface area contributed by atoms with Crippen molar-refractivity contribution in [2.45, 2.75) is 51.4 Å². The average Bonchev–Trinajstić information content (AvgIpc) is 2.39. The summed E-state index contributed by atoms with van der Waals surface area (Å²) in [5.74, 6) is -12.4. The van der Waals surface area contributed by atoms with Gasteiger partial charge in [0.25, 0.3) is 5.92 Å². The van der Waals surface area contributed by atoms with Crippen molar-refractivity contribution in [3.05, 3.63) is 0 Å². The van der Waals surface area contributed by atoms with E-state index in [1.807, 2.05) is 0 Å². The van der Waals surface area contributed by atoms with Crippen molar-refractivity contribution in [2.75, 3.05) is 13.2 Å². The van der Waals surface area contributed by atoms with Crippen molar-refractivity contribution >= 4 is 11.9 Å². The van der Waals surface area contributed by atoms with Gasteiger partial charge in [0.05, 0.1) is 18.8 Å². The van der Waals surface area contributed by atoms with E-state index in [1.54, 1.807) is 13.8 Å². The highest BCUT2D eigenvalue weighted by molar-refractivity contribution is 5.77. The van der Waals surface area contributed by atoms with Crippen LogP contribution >= 0.6 is 0 Å². The van der Waals surface area contributed by atoms with Gasteiger partial charge in [0, 0.05) is 0 Å². The first-order valence-corrected chi connectivity index (χ1v) is 6.79. The van der Waals surface area contributed by atoms with E-state index in [4.69, 9.17) is 0 Å². The minimum atomic E-state index is -4.63. The number of ether oxygens (including phenoxy) is 2. The minimum Gasteiger partial charge on any atom is -0.462 e. The van der Waals surface area contributed by atoms with Gasteiger partial charge in [0.1, 0.15) is 13.2 Å². The van der Waals surface area contributed by atoms with Gasteiger partial charge in [-0.2, -0.15) is 8.78 Å². The SMILES string of the molecule is CCC(C)C(=O)OCCOC(=O)C(F)(F)CC(F)(F)CC(F)F. The van der Waals surface area contributed by atoms with Crippen LogP contribution in [-0.2, 0) is 19.1 Å². The van der Waals surface area contributed by atoms with Crippen LogP contribution < -0.4 is 0 Å². The Hall–Kier alpha value is -1.48. The van der Waals surface area contributed by atoms with Crippen LogP contribution in [0.25, 0.3) is 0 Å². The summed E-state index contributed by atoms with van der Waals surface area (Å²) in [5, 5.41) is 0. The number of esters is 2. The van der Waals surface area contributed by atoms with Crippen molar-refractivity contribution in [2.24, 2.45) is 5.92 Å². The van der Waals surface area contributed by atoms with E-state index >= 15 is 0 Å². The van der Waals surface area contributed by atoms with Gasteiger partial charge in [-0.1, -0.05) is 13.8 Å². The molecule has 4 nitrogen and oxygen atoms in total. The maximum atomic E-state index is 13.2. The standard InChI is InChI=1S/C13H18F6O4/c1-3-8(2)10(20)22-4-5-23-11(21)13(18,19)7-12(16,17)6-9(14)15/h8-9H,3-7H2,1-2H3. The third-order valence-electron chi connectivity index (χ3n) is 2.81. The molecular formula is C13H18F6O4. The van der Waals surface area contributed by atoms with E-state index in [0.29, 0.717) is 6.42 Å². The Labute approximate surface area is 129 Å². The van der Waals surface area contributed by atoms with Crippen LogP contribution in [0.1, 0.15) is 33.1 Å². The molecule has 0 spiro atoms. The van der Waals surface area contributed by atoms with Crippen LogP contribution in [0.3, 0.4) is 0 Å². The Kier molecular flexibility index (Phi) is 8.39. The van der Waals surface area contributed by atoms with E-state index in [-0.39, 0.29) is 0 Å². The molecule has 0 bridgehead atoms. The zero-order valence-corrected chi connectivity index (χ0v) is 12.6. The lowest BCUT2D eigenvalue weighted by Gasteiger charge is -2.21. The Bertz CT molecular complexity index is 400. The predicted molar refractivity (Wildman–Crippen MR) is 66.5 cm³/mol. The highest BCUT2D eigenvalue weighted by Crippen LogP contribution is 2.35. The van der Waals surface area contributed by atoms with Crippen molar-refractivity contribution < 1.29 is 45.4 Å². The lowest BCUT2D eigenvalue weighted by atomic mass is 10.1. The van der Waals surface area contributed by atoms with Gasteiger partial charge in [-0.05, 0) is 6.42 Å². The molecule has 0 aromatic carbocycles. The molecule has 0 fully saturated rings. The van der Waals surface area contributed by atoms with E-state index in [9.17, 15) is 35.9 Å². The molecular weight excluding hydrogens is 334 g/mol. The average molecular weight is 352 g/mol. The number of halogens is 6. The second-order valence-electron chi connectivity index (χ2n) is 4.95. The molecule has 0 aliphatic carbocycles. The Morgan fingerprint density at radius 2 is 1.57 bits per heavy atom. The predicted octanol–water partition coefficient (Wildman–Crippen LogP) is 3.43. The highest BCUT2D eigenvalue weighted by Gasteiger charge is 2.50. The monoisotopic (exact) mass is 352 g/mol. The number of alkyl halides is 6. The third kappa shape index (κ3) is 8.65. The number of carbonyl (C=O) groups is 2. The van der Waals surface area contributed by atoms with Gasteiger partial charge in [0.15, 0.2) is 0 Å². The smallest absolute Gasteiger partial charge is 0.377 e. The van der Waals surface area contributed by atoms with E-state index in [2.05, 4.69) is 9.47 Å². The van der Waals surface area contributed by atoms with Crippen LogP contribution in [0.15, 0.2) is 0 Å². The van der Waals surface area contributed by atoms with Crippen LogP contribution in [0.2, 0.25) is 0 Å². The van der Waals surface area contributed by atoms with Gasteiger partial charge < -0.3 is 9.47 Å². The van der Waals surface area contributed by atoms with E-state index in [1.165, 1.54) is 0 Å². The van der Waals surface area contributed by atoms with Crippen molar-refractivity contribution in [3.8, 4) is 0 Å². The molecule has 0 aromatic rings. The first-order valence-electron chi connectivity index (χ1n) is 6.79. The normalized spacial score (nSPS) is 13.8. The highest BCUT2D eigenvalue weighted by atomic mass is 19.3. The molecule has 0 aliphatic heterocycles. The zero-order valence-electron chi connectivity index (χ0n) is 12.6. The summed E-state index contributed by atoms with van der Waals surface area (Å²) in [6.07, 6.45) is -7.47. The molecule has 0 radical (unpaired) electrons. The molecule has 1 atom stereocenters. The van der Waals surface area contributed by atoms with Crippen molar-refractivity contribution in [1.29, 1.82) is 0 Å². The van der Waals surface area contributed by atoms with Crippen LogP contribution in [-0.4, -0.2) is 43.4 Å². The summed E-state index contributed by atoms with van der Waals surface area (Å²) in [7, 11) is 0. The van der Waals surface area contributed by atoms with Gasteiger partial charge in [-0.25, -0.2) is 22.4 Å². The quantitative estimate of drug-likeness (QED) is 0.343. The molecule has 0 N–H and O–H groups in total. The van der Waals surface area contributed by atoms with E-state index < -0.39 is 62.2 Å². The fourth-order valence-corrected chi connectivity index (χ4v) is 1.39. The van der Waals surface area contributed by atoms with Gasteiger partial charge >= 0.3 is 17.9 Å². The van der Waals surface area contributed by atoms with Crippen molar-refractivity contribution in [1.82, 2.24) is 0 Å². The van der Waals surface area contributed by atoms with E-state index in [0.717, 1.165) is 0 Å². The summed E-state index contributed by atoms with van der Waals surface area (Å²) in [4.78, 5) is 22.3. The topological polar surface area (TPSA) is 52.6 Å². The molecule has 0 amide bonds. The van der Waals surface area contributed by atoms with Crippen LogP contribution in [0.4, 0.5) is 26.3 Å². The van der Waals surface area contributed by atoms with Gasteiger partial charge in [-0.3, -0.25) is 4.79 Å². The number of rotatable bonds is 10. The summed E-state index contributed by atoms with van der Waals surface area (Å²) in [5.41, 5.74) is 0. The van der Waals surface area contributed by atoms with Gasteiger partial charge in [-0.15, -0.1) is 0 Å². The largest absolute Gasteiger partial charge is 0.462 e. The Morgan fingerprint density at radius 3 is 2.04 bits per heavy atom. The zero-order chi connectivity index (χ0) is 18.3. The molecule has 0 saturated carbocycles. The fraction of sp³-hybridized carbons (Fsp3) is 0.846. The van der Waals surface area contributed by atoms with Crippen LogP contribution in [0.5, 0.6) is 0 Å². The summed E-state index contributed by atoms with van der Waals surface area (Å²) in [6.45, 7) is 2.01. The fourth-order valence-electron chi connectivity index (χ4n) is 1.39. The molecule has 0 rings (SSSR count). The second kappa shape index (κ2) is 8.97. The second-order valence-corrected chi connectivity index (χ2v) is 4.95. The number of hydrogen-bond donors (Lipinski definition) is 0. The summed E-state index contributed by atoms with van der Waals surface area (Å²) >= 11 is 0. The Balaban J connectivity index is 4.30. The molecule has 10 heteroatoms. The lowest BCUT2D eigenvalue weighted by molar-refractivity contribution is -0.189. The van der Waals surface area contributed by atoms with Crippen LogP contribution in [0, 0.1) is 5.92 Å². The van der Waals surface area contributed by atoms with Gasteiger partial charge in [0.2, 0.25) is 6.43 Å². The first-order chi connectivity index (χ1) is 10.4. The number of carbonyl (C=O) groups excluding carboxylic acids is 2. The molecule has 0 aromatic heterocycles. The molecule has 136 valence electrons. The third-order valence-corrected chi connectivity index (χ3v) is 2.81. The molecule has 0 heterocycles. The molecule has 23 heavy (non-hydrogen) atoms.